The molecule has 2 N–H and O–H groups in total. The maximum Gasteiger partial charge on any atom is 0.310 e. The molecule has 0 radical (unpaired) electrons. The third kappa shape index (κ3) is 4.18. The first-order valence-electron chi connectivity index (χ1n) is 17.9. The van der Waals surface area contributed by atoms with Crippen molar-refractivity contribution in [2.24, 2.45) is 23.7 Å². The van der Waals surface area contributed by atoms with Gasteiger partial charge in [-0.05, 0) is 92.7 Å². The number of rotatable bonds is 3. The van der Waals surface area contributed by atoms with Crippen LogP contribution in [0.25, 0.3) is 21.8 Å². The monoisotopic (exact) mass is 616 g/mol. The summed E-state index contributed by atoms with van der Waals surface area (Å²) in [7, 11) is 3.74. The number of nitrogens with zero attached hydrogens (tertiary/aromatic N) is 2. The predicted octanol–water partition coefficient (Wildman–Crippen LogP) is 7.15. The molecule has 6 nitrogen and oxygen atoms in total. The van der Waals surface area contributed by atoms with Gasteiger partial charge in [0.15, 0.2) is 0 Å². The topological polar surface area (TPSA) is 64.4 Å². The number of allylic oxidation sites excluding steroid dienone is 1. The quantitative estimate of drug-likeness (QED) is 0.190. The molecule has 4 aliphatic heterocycles. The van der Waals surface area contributed by atoms with Gasteiger partial charge in [0.05, 0.1) is 13.0 Å². The fourth-order valence-electron chi connectivity index (χ4n) is 11.2. The van der Waals surface area contributed by atoms with Crippen LogP contribution < -0.4 is 0 Å². The molecule has 10 rings (SSSR count). The van der Waals surface area contributed by atoms with E-state index in [1.54, 1.807) is 12.7 Å². The number of piperidine rings is 3. The fraction of sp³-hybridized carbons (Fsp3) is 0.525. The Morgan fingerprint density at radius 2 is 1.83 bits per heavy atom. The van der Waals surface area contributed by atoms with Gasteiger partial charge in [-0.15, -0.1) is 0 Å². The Kier molecular flexibility index (Phi) is 6.80. The number of carbonyl (C=O) groups excluding carboxylic acids is 1. The van der Waals surface area contributed by atoms with Crippen LogP contribution in [0.4, 0.5) is 0 Å². The number of nitrogens with one attached hydrogen (secondary N) is 2. The number of likely N-dealkylation sites (N-methyl/N-ethyl adjacent to an activating group) is 1. The van der Waals surface area contributed by atoms with Crippen LogP contribution in [0.2, 0.25) is 0 Å². The van der Waals surface area contributed by atoms with Crippen molar-refractivity contribution in [1.29, 1.82) is 0 Å². The van der Waals surface area contributed by atoms with Crippen LogP contribution in [0, 0.1) is 23.7 Å². The molecule has 6 bridgehead atoms. The molecule has 9 atom stereocenters. The van der Waals surface area contributed by atoms with Crippen molar-refractivity contribution >= 4 is 27.8 Å². The number of H-pyrrole nitrogens is 2. The molecule has 2 aliphatic carbocycles. The maximum absolute atomic E-state index is 13.6. The SMILES string of the molecule is C/C=C1/CN(C)C2Cc3c([nH]c4ccccc34)C(c3ccc4c5c([nH]c4c3)C3CC4CC(CC)C3N(CC5)C4)CC1C2C(=O)OC. The van der Waals surface area contributed by atoms with Crippen LogP contribution in [-0.2, 0) is 22.4 Å². The molecule has 0 spiro atoms. The summed E-state index contributed by atoms with van der Waals surface area (Å²) in [6.45, 7) is 7.93. The van der Waals surface area contributed by atoms with E-state index in [0.29, 0.717) is 12.0 Å². The molecule has 6 aliphatic rings. The number of methoxy groups -OCH3 is 1. The molecule has 6 heteroatoms. The zero-order valence-corrected chi connectivity index (χ0v) is 27.8. The molecule has 46 heavy (non-hydrogen) atoms. The van der Waals surface area contributed by atoms with Crippen molar-refractivity contribution in [2.75, 3.05) is 33.8 Å². The number of hydrogen-bond donors (Lipinski definition) is 2. The van der Waals surface area contributed by atoms with Crippen LogP contribution in [-0.4, -0.2) is 71.6 Å². The lowest BCUT2D eigenvalue weighted by molar-refractivity contribution is -0.151. The van der Waals surface area contributed by atoms with E-state index >= 15 is 0 Å². The van der Waals surface area contributed by atoms with Crippen LogP contribution in [0.5, 0.6) is 0 Å². The summed E-state index contributed by atoms with van der Waals surface area (Å²) in [6, 6.07) is 16.8. The Morgan fingerprint density at radius 3 is 2.65 bits per heavy atom. The number of fused-ring (bicyclic) bond motifs is 9. The van der Waals surface area contributed by atoms with Crippen molar-refractivity contribution in [3.63, 3.8) is 0 Å². The van der Waals surface area contributed by atoms with E-state index in [0.717, 1.165) is 37.6 Å². The largest absolute Gasteiger partial charge is 0.469 e. The van der Waals surface area contributed by atoms with Gasteiger partial charge in [-0.3, -0.25) is 14.6 Å². The summed E-state index contributed by atoms with van der Waals surface area (Å²) in [5, 5.41) is 2.70. The van der Waals surface area contributed by atoms with Gasteiger partial charge in [0.2, 0.25) is 0 Å². The Hall–Kier alpha value is -3.35. The number of para-hydroxylation sites is 1. The summed E-state index contributed by atoms with van der Waals surface area (Å²) in [4.78, 5) is 26.9. The van der Waals surface area contributed by atoms with Crippen molar-refractivity contribution < 1.29 is 9.53 Å². The summed E-state index contributed by atoms with van der Waals surface area (Å²) in [5.41, 5.74) is 11.0. The highest BCUT2D eigenvalue weighted by Gasteiger charge is 2.49. The molecule has 0 amide bonds. The number of carbonyl (C=O) groups is 1. The predicted molar refractivity (Wildman–Crippen MR) is 184 cm³/mol. The lowest BCUT2D eigenvalue weighted by Crippen LogP contribution is -2.56. The molecule has 2 aromatic heterocycles. The standard InChI is InChI=1S/C40H48N4O2/c1-5-23-15-22-16-32-37-28(13-14-44(20-22)39(23)32)27-12-11-25(17-34(27)42-37)30-18-29-24(6-2)21-43(3)35(36(29)40(45)46-4)19-31-26-9-7-8-10-33(26)41-38(30)31/h6-12,17,22-23,29-30,32,35-36,39,41-42H,5,13-16,18-21H2,1-4H3/b24-6-. The Bertz CT molecular complexity index is 1870. The lowest BCUT2D eigenvalue weighted by atomic mass is 9.65. The van der Waals surface area contributed by atoms with E-state index in [1.807, 2.05) is 0 Å². The van der Waals surface area contributed by atoms with Crippen molar-refractivity contribution in [1.82, 2.24) is 19.8 Å². The summed E-state index contributed by atoms with van der Waals surface area (Å²) in [5.74, 6) is 2.30. The van der Waals surface area contributed by atoms with E-state index in [4.69, 9.17) is 4.74 Å². The van der Waals surface area contributed by atoms with Gasteiger partial charge in [0, 0.05) is 76.7 Å². The van der Waals surface area contributed by atoms with Crippen molar-refractivity contribution in [3.05, 3.63) is 82.2 Å². The molecular weight excluding hydrogens is 568 g/mol. The number of hydrogen-bond acceptors (Lipinski definition) is 4. The Morgan fingerprint density at radius 1 is 1.00 bits per heavy atom. The summed E-state index contributed by atoms with van der Waals surface area (Å²) < 4.78 is 5.54. The van der Waals surface area contributed by atoms with Crippen molar-refractivity contribution in [2.45, 2.75) is 76.3 Å². The molecule has 3 saturated heterocycles. The first-order valence-corrected chi connectivity index (χ1v) is 17.9. The van der Waals surface area contributed by atoms with E-state index in [9.17, 15) is 4.79 Å². The molecule has 4 fully saturated rings. The van der Waals surface area contributed by atoms with Gasteiger partial charge in [-0.25, -0.2) is 0 Å². The number of likely N-dealkylation sites (tertiary alicyclic amines) is 1. The normalized spacial score (nSPS) is 34.6. The second-order valence-corrected chi connectivity index (χ2v) is 15.2. The van der Waals surface area contributed by atoms with Crippen LogP contribution in [0.3, 0.4) is 0 Å². The highest BCUT2D eigenvalue weighted by Crippen LogP contribution is 2.52. The molecule has 4 aromatic rings. The van der Waals surface area contributed by atoms with E-state index in [2.05, 4.69) is 89.2 Å². The van der Waals surface area contributed by atoms with Gasteiger partial charge in [0.1, 0.15) is 0 Å². The Labute approximate surface area is 272 Å². The molecule has 6 heterocycles. The van der Waals surface area contributed by atoms with Gasteiger partial charge in [-0.1, -0.05) is 55.3 Å². The Balaban J connectivity index is 1.19. The highest BCUT2D eigenvalue weighted by molar-refractivity contribution is 5.88. The first-order chi connectivity index (χ1) is 22.5. The van der Waals surface area contributed by atoms with E-state index in [-0.39, 0.29) is 29.8 Å². The number of benzene rings is 2. The minimum absolute atomic E-state index is 0.0762. The number of ether oxygens (including phenoxy) is 1. The number of esters is 1. The average Bonchev–Trinajstić information content (AvgIpc) is 3.60. The second kappa shape index (κ2) is 10.8. The lowest BCUT2D eigenvalue weighted by Gasteiger charge is -2.53. The van der Waals surface area contributed by atoms with Gasteiger partial charge in [0.25, 0.3) is 0 Å². The molecule has 9 unspecified atom stereocenters. The minimum atomic E-state index is -0.194. The average molecular weight is 617 g/mol. The third-order valence-electron chi connectivity index (χ3n) is 13.2. The molecule has 1 saturated carbocycles. The molecule has 240 valence electrons. The van der Waals surface area contributed by atoms with Crippen LogP contribution >= 0.6 is 0 Å². The zero-order chi connectivity index (χ0) is 31.3. The zero-order valence-electron chi connectivity index (χ0n) is 27.8. The first kappa shape index (κ1) is 28.8. The minimum Gasteiger partial charge on any atom is -0.469 e. The summed E-state index contributed by atoms with van der Waals surface area (Å²) >= 11 is 0. The number of aromatic nitrogens is 2. The van der Waals surface area contributed by atoms with E-state index in [1.165, 1.54) is 82.2 Å². The molecular formula is C40H48N4O2. The van der Waals surface area contributed by atoms with Gasteiger partial charge in [-0.2, -0.15) is 0 Å². The highest BCUT2D eigenvalue weighted by atomic mass is 16.5. The number of aromatic amines is 2. The summed E-state index contributed by atoms with van der Waals surface area (Å²) in [6.07, 6.45) is 9.16. The maximum atomic E-state index is 13.6. The van der Waals surface area contributed by atoms with Crippen LogP contribution in [0.1, 0.15) is 79.4 Å². The molecule has 2 aromatic carbocycles. The van der Waals surface area contributed by atoms with Gasteiger partial charge >= 0.3 is 5.97 Å². The smallest absolute Gasteiger partial charge is 0.310 e. The van der Waals surface area contributed by atoms with E-state index < -0.39 is 0 Å². The van der Waals surface area contributed by atoms with Crippen LogP contribution in [0.15, 0.2) is 54.1 Å². The second-order valence-electron chi connectivity index (χ2n) is 15.2. The van der Waals surface area contributed by atoms with Crippen molar-refractivity contribution in [3.8, 4) is 0 Å². The third-order valence-corrected chi connectivity index (χ3v) is 13.2. The van der Waals surface area contributed by atoms with Gasteiger partial charge < -0.3 is 14.7 Å². The fourth-order valence-corrected chi connectivity index (χ4v) is 11.2.